The fourth-order valence-electron chi connectivity index (χ4n) is 1.74. The predicted molar refractivity (Wildman–Crippen MR) is 73.9 cm³/mol. The Labute approximate surface area is 113 Å². The molecule has 3 rings (SSSR count). The number of anilines is 1. The molecule has 0 bridgehead atoms. The largest absolute Gasteiger partial charge is 0.436 e. The highest BCUT2D eigenvalue weighted by atomic mass is 35.5. The van der Waals surface area contributed by atoms with Crippen molar-refractivity contribution >= 4 is 40.0 Å². The van der Waals surface area contributed by atoms with Crippen molar-refractivity contribution in [1.82, 2.24) is 4.98 Å². The molecule has 0 atom stereocenters. The van der Waals surface area contributed by atoms with E-state index in [1.165, 1.54) is 0 Å². The first-order valence-corrected chi connectivity index (χ1v) is 6.01. The number of nitrogens with two attached hydrogens (primary N) is 1. The molecule has 18 heavy (non-hydrogen) atoms. The van der Waals surface area contributed by atoms with Gasteiger partial charge < -0.3 is 10.2 Å². The average molecular weight is 279 g/mol. The Morgan fingerprint density at radius 3 is 2.78 bits per heavy atom. The topological polar surface area (TPSA) is 52.0 Å². The smallest absolute Gasteiger partial charge is 0.229 e. The second kappa shape index (κ2) is 4.19. The lowest BCUT2D eigenvalue weighted by atomic mass is 10.2. The minimum atomic E-state index is 0.437. The van der Waals surface area contributed by atoms with Crippen LogP contribution in [0.5, 0.6) is 0 Å². The highest BCUT2D eigenvalue weighted by molar-refractivity contribution is 6.33. The number of benzene rings is 2. The quantitative estimate of drug-likeness (QED) is 0.672. The second-order valence-electron chi connectivity index (χ2n) is 3.83. The van der Waals surface area contributed by atoms with Crippen molar-refractivity contribution in [1.29, 1.82) is 0 Å². The highest BCUT2D eigenvalue weighted by Crippen LogP contribution is 2.33. The molecule has 3 aromatic rings. The molecule has 0 aliphatic carbocycles. The van der Waals surface area contributed by atoms with Crippen molar-refractivity contribution in [2.24, 2.45) is 0 Å². The molecule has 1 aromatic heterocycles. The standard InChI is InChI=1S/C13H8Cl2N2O/c14-7-4-5-10-11(6-7)18-13(17-10)8-2-1-3-9(15)12(8)16/h1-6H,16H2. The van der Waals surface area contributed by atoms with Gasteiger partial charge in [0.25, 0.3) is 0 Å². The van der Waals surface area contributed by atoms with Crippen LogP contribution in [0.15, 0.2) is 40.8 Å². The van der Waals surface area contributed by atoms with Crippen LogP contribution < -0.4 is 5.73 Å². The van der Waals surface area contributed by atoms with Gasteiger partial charge in [-0.1, -0.05) is 29.3 Å². The first-order valence-electron chi connectivity index (χ1n) is 5.25. The van der Waals surface area contributed by atoms with E-state index in [1.54, 1.807) is 30.3 Å². The number of fused-ring (bicyclic) bond motifs is 1. The third-order valence-electron chi connectivity index (χ3n) is 2.63. The third kappa shape index (κ3) is 1.82. The van der Waals surface area contributed by atoms with E-state index in [1.807, 2.05) is 6.07 Å². The summed E-state index contributed by atoms with van der Waals surface area (Å²) in [6.07, 6.45) is 0. The molecule has 0 aliphatic heterocycles. The number of halogens is 2. The summed E-state index contributed by atoms with van der Waals surface area (Å²) < 4.78 is 5.64. The third-order valence-corrected chi connectivity index (χ3v) is 3.20. The summed E-state index contributed by atoms with van der Waals surface area (Å²) >= 11 is 11.9. The van der Waals surface area contributed by atoms with Gasteiger partial charge in [-0.25, -0.2) is 4.98 Å². The molecular formula is C13H8Cl2N2O. The van der Waals surface area contributed by atoms with E-state index in [0.717, 1.165) is 5.52 Å². The fraction of sp³-hybridized carbons (Fsp3) is 0. The molecule has 0 spiro atoms. The first-order chi connectivity index (χ1) is 8.65. The number of nitrogens with zero attached hydrogens (tertiary/aromatic N) is 1. The Bertz CT molecular complexity index is 737. The van der Waals surface area contributed by atoms with Gasteiger partial charge in [0.15, 0.2) is 5.58 Å². The molecule has 2 aromatic carbocycles. The van der Waals surface area contributed by atoms with Crippen LogP contribution in [0.2, 0.25) is 10.0 Å². The summed E-state index contributed by atoms with van der Waals surface area (Å²) in [5.74, 6) is 0.437. The summed E-state index contributed by atoms with van der Waals surface area (Å²) in [6, 6.07) is 10.6. The average Bonchev–Trinajstić information content (AvgIpc) is 2.75. The molecule has 0 fully saturated rings. The van der Waals surface area contributed by atoms with Gasteiger partial charge >= 0.3 is 0 Å². The van der Waals surface area contributed by atoms with E-state index < -0.39 is 0 Å². The summed E-state index contributed by atoms with van der Waals surface area (Å²) in [5.41, 5.74) is 8.39. The Morgan fingerprint density at radius 1 is 1.11 bits per heavy atom. The SMILES string of the molecule is Nc1c(Cl)cccc1-c1nc2ccc(Cl)cc2o1. The van der Waals surface area contributed by atoms with Crippen LogP contribution in [0.25, 0.3) is 22.6 Å². The van der Waals surface area contributed by atoms with Crippen LogP contribution in [0.4, 0.5) is 5.69 Å². The number of hydrogen-bond donors (Lipinski definition) is 1. The molecule has 90 valence electrons. The van der Waals surface area contributed by atoms with Crippen molar-refractivity contribution in [3.8, 4) is 11.5 Å². The molecule has 0 saturated heterocycles. The summed E-state index contributed by atoms with van der Waals surface area (Å²) in [5, 5.41) is 1.08. The van der Waals surface area contributed by atoms with Crippen molar-refractivity contribution in [2.45, 2.75) is 0 Å². The lowest BCUT2D eigenvalue weighted by molar-refractivity contribution is 0.620. The van der Waals surface area contributed by atoms with Crippen LogP contribution >= 0.6 is 23.2 Å². The predicted octanol–water partition coefficient (Wildman–Crippen LogP) is 4.38. The zero-order valence-electron chi connectivity index (χ0n) is 9.15. The molecule has 2 N–H and O–H groups in total. The van der Waals surface area contributed by atoms with Gasteiger partial charge in [-0.2, -0.15) is 0 Å². The number of oxazole rings is 1. The van der Waals surface area contributed by atoms with Gasteiger partial charge in [-0.15, -0.1) is 0 Å². The van der Waals surface area contributed by atoms with Crippen molar-refractivity contribution < 1.29 is 4.42 Å². The van der Waals surface area contributed by atoms with E-state index in [4.69, 9.17) is 33.4 Å². The minimum absolute atomic E-state index is 0.437. The summed E-state index contributed by atoms with van der Waals surface area (Å²) in [7, 11) is 0. The van der Waals surface area contributed by atoms with Gasteiger partial charge in [0, 0.05) is 11.1 Å². The van der Waals surface area contributed by atoms with Crippen LogP contribution in [-0.4, -0.2) is 4.98 Å². The molecule has 0 saturated carbocycles. The van der Waals surface area contributed by atoms with E-state index in [9.17, 15) is 0 Å². The maximum atomic E-state index is 5.97. The van der Waals surface area contributed by atoms with E-state index in [2.05, 4.69) is 4.98 Å². The van der Waals surface area contributed by atoms with Crippen molar-refractivity contribution in [2.75, 3.05) is 5.73 Å². The molecule has 3 nitrogen and oxygen atoms in total. The number of aromatic nitrogens is 1. The van der Waals surface area contributed by atoms with Crippen LogP contribution in [0.1, 0.15) is 0 Å². The number of hydrogen-bond acceptors (Lipinski definition) is 3. The van der Waals surface area contributed by atoms with Crippen LogP contribution in [-0.2, 0) is 0 Å². The summed E-state index contributed by atoms with van der Waals surface area (Å²) in [6.45, 7) is 0. The Morgan fingerprint density at radius 2 is 1.94 bits per heavy atom. The first kappa shape index (κ1) is 11.4. The normalized spacial score (nSPS) is 11.0. The van der Waals surface area contributed by atoms with Gasteiger partial charge in [-0.3, -0.25) is 0 Å². The number of nitrogen functional groups attached to an aromatic ring is 1. The van der Waals surface area contributed by atoms with E-state index in [0.29, 0.717) is 32.8 Å². The van der Waals surface area contributed by atoms with Crippen molar-refractivity contribution in [3.05, 3.63) is 46.4 Å². The molecule has 0 unspecified atom stereocenters. The molecule has 0 aliphatic rings. The Balaban J connectivity index is 2.22. The van der Waals surface area contributed by atoms with Gasteiger partial charge in [0.2, 0.25) is 5.89 Å². The molecule has 0 radical (unpaired) electrons. The maximum Gasteiger partial charge on any atom is 0.229 e. The molecular weight excluding hydrogens is 271 g/mol. The van der Waals surface area contributed by atoms with E-state index >= 15 is 0 Å². The maximum absolute atomic E-state index is 5.97. The molecule has 5 heteroatoms. The summed E-state index contributed by atoms with van der Waals surface area (Å²) in [4.78, 5) is 4.36. The molecule has 1 heterocycles. The van der Waals surface area contributed by atoms with Crippen LogP contribution in [0, 0.1) is 0 Å². The van der Waals surface area contributed by atoms with Gasteiger partial charge in [-0.05, 0) is 24.3 Å². The Hall–Kier alpha value is -1.71. The van der Waals surface area contributed by atoms with Gasteiger partial charge in [0.05, 0.1) is 16.3 Å². The molecule has 0 amide bonds. The Kier molecular flexibility index (Phi) is 2.65. The minimum Gasteiger partial charge on any atom is -0.436 e. The van der Waals surface area contributed by atoms with Crippen molar-refractivity contribution in [3.63, 3.8) is 0 Å². The number of rotatable bonds is 1. The van der Waals surface area contributed by atoms with Crippen LogP contribution in [0.3, 0.4) is 0 Å². The zero-order chi connectivity index (χ0) is 12.7. The van der Waals surface area contributed by atoms with Gasteiger partial charge in [0.1, 0.15) is 5.52 Å². The second-order valence-corrected chi connectivity index (χ2v) is 4.68. The lowest BCUT2D eigenvalue weighted by Crippen LogP contribution is -1.90. The van der Waals surface area contributed by atoms with E-state index in [-0.39, 0.29) is 0 Å². The zero-order valence-corrected chi connectivity index (χ0v) is 10.7. The lowest BCUT2D eigenvalue weighted by Gasteiger charge is -2.02. The number of para-hydroxylation sites is 1. The monoisotopic (exact) mass is 278 g/mol. The highest BCUT2D eigenvalue weighted by Gasteiger charge is 2.12. The fourth-order valence-corrected chi connectivity index (χ4v) is 2.07.